The van der Waals surface area contributed by atoms with Crippen molar-refractivity contribution in [3.8, 4) is 0 Å². The predicted molar refractivity (Wildman–Crippen MR) is 129 cm³/mol. The Hall–Kier alpha value is -1.06. The third kappa shape index (κ3) is 5.96. The largest absolute Gasteiger partial charge is 1.00 e. The van der Waals surface area contributed by atoms with Crippen LogP contribution in [0.3, 0.4) is 0 Å². The minimum atomic E-state index is -1.41. The first-order chi connectivity index (χ1) is 14.4. The Kier molecular flexibility index (Phi) is 11.4. The average molecular weight is 548 g/mol. The number of hydrogen-bond donors (Lipinski definition) is 0. The molecule has 0 N–H and O–H groups in total. The number of rotatable bonds is 5. The second-order valence-corrected chi connectivity index (χ2v) is 12.8. The second kappa shape index (κ2) is 12.6. The molecule has 0 bridgehead atoms. The van der Waals surface area contributed by atoms with Crippen molar-refractivity contribution in [3.05, 3.63) is 113 Å². The molecule has 0 fully saturated rings. The summed E-state index contributed by atoms with van der Waals surface area (Å²) in [6.07, 6.45) is 0. The molecule has 0 heterocycles. The van der Waals surface area contributed by atoms with Crippen molar-refractivity contribution in [3.63, 3.8) is 0 Å². The zero-order valence-corrected chi connectivity index (χ0v) is 24.5. The van der Waals surface area contributed by atoms with Gasteiger partial charge in [-0.25, -0.2) is 0 Å². The van der Waals surface area contributed by atoms with Crippen LogP contribution in [0.5, 0.6) is 0 Å². The fourth-order valence-electron chi connectivity index (χ4n) is 4.92. The Morgan fingerprint density at radius 2 is 1.18 bits per heavy atom. The standard InChI is InChI=1S/C28H29Si.3ClH.Ti/c1-20-12-11-13-24(18-20)28-23(4)21(2)22(3)27(28)19-29(25-14-7-5-8-15-25)26-16-9-6-10-17-26;;;;/h5-18,29H,19H2,1-4H3;3*1H;/q;;;;+3/p-3. The molecule has 33 heavy (non-hydrogen) atoms. The van der Waals surface area contributed by atoms with Gasteiger partial charge in [-0.15, -0.1) is 0 Å². The van der Waals surface area contributed by atoms with Crippen molar-refractivity contribution < 1.29 is 57.7 Å². The molecule has 3 aromatic carbocycles. The van der Waals surface area contributed by atoms with E-state index in [9.17, 15) is 0 Å². The van der Waals surface area contributed by atoms with E-state index in [1.807, 2.05) is 0 Å². The van der Waals surface area contributed by atoms with Crippen molar-refractivity contribution in [2.24, 2.45) is 0 Å². The molecule has 1 unspecified atom stereocenters. The molecule has 0 amide bonds. The van der Waals surface area contributed by atoms with Crippen LogP contribution in [0, 0.1) is 6.92 Å². The number of hydrogen-bond acceptors (Lipinski definition) is 0. The molecule has 0 saturated heterocycles. The zero-order chi connectivity index (χ0) is 21.3. The summed E-state index contributed by atoms with van der Waals surface area (Å²) in [5.41, 5.74) is 8.74. The summed E-state index contributed by atoms with van der Waals surface area (Å²) in [5.74, 6) is 0. The van der Waals surface area contributed by atoms with Gasteiger partial charge in [-0.2, -0.15) is 0 Å². The van der Waals surface area contributed by atoms with Gasteiger partial charge < -0.3 is 37.2 Å². The van der Waals surface area contributed by atoms with E-state index in [2.05, 4.69) is 133 Å². The third-order valence-corrected chi connectivity index (χ3v) is 12.1. The van der Waals surface area contributed by atoms with Crippen molar-refractivity contribution in [1.29, 1.82) is 0 Å². The quantitative estimate of drug-likeness (QED) is 0.297. The Balaban J connectivity index is 0.00000181. The summed E-state index contributed by atoms with van der Waals surface area (Å²) >= 11 is 2.49. The Morgan fingerprint density at radius 1 is 0.667 bits per heavy atom. The van der Waals surface area contributed by atoms with E-state index in [0.29, 0.717) is 0 Å². The van der Waals surface area contributed by atoms with Crippen molar-refractivity contribution in [2.45, 2.75) is 37.5 Å². The first-order valence-electron chi connectivity index (χ1n) is 10.7. The molecule has 170 valence electrons. The van der Waals surface area contributed by atoms with Crippen LogP contribution in [0.2, 0.25) is 9.76 Å². The van der Waals surface area contributed by atoms with Gasteiger partial charge in [0.2, 0.25) is 0 Å². The number of allylic oxidation sites excluding steroid dienone is 4. The molecule has 1 aliphatic carbocycles. The van der Waals surface area contributed by atoms with E-state index >= 15 is 0 Å². The zero-order valence-electron chi connectivity index (χ0n) is 19.5. The van der Waals surface area contributed by atoms with Crippen LogP contribution in [0.25, 0.3) is 5.57 Å². The van der Waals surface area contributed by atoms with Crippen molar-refractivity contribution >= 4 is 24.7 Å². The maximum absolute atomic E-state index is 2.49. The number of benzene rings is 3. The Bertz CT molecular complexity index is 1090. The molecule has 3 aromatic rings. The summed E-state index contributed by atoms with van der Waals surface area (Å²) in [6, 6.07) is 32.7. The summed E-state index contributed by atoms with van der Waals surface area (Å²) < 4.78 is 0.0601. The first kappa shape index (κ1) is 30.0. The smallest absolute Gasteiger partial charge is 1.00 e. The van der Waals surface area contributed by atoms with Gasteiger partial charge in [0.05, 0.1) is 0 Å². The molecule has 0 radical (unpaired) electrons. The first-order valence-corrected chi connectivity index (χ1v) is 13.5. The summed E-state index contributed by atoms with van der Waals surface area (Å²) in [4.78, 5) is 0. The van der Waals surface area contributed by atoms with Gasteiger partial charge in [0, 0.05) is 0 Å². The van der Waals surface area contributed by atoms with E-state index < -0.39 is 8.80 Å². The summed E-state index contributed by atoms with van der Waals surface area (Å²) in [5, 5.41) is 3.06. The molecule has 1 aliphatic rings. The van der Waals surface area contributed by atoms with Crippen LogP contribution in [0.1, 0.15) is 31.9 Å². The van der Waals surface area contributed by atoms with Gasteiger partial charge in [0.1, 0.15) is 0 Å². The molecular weight excluding hydrogens is 519 g/mol. The molecule has 1 atom stereocenters. The molecule has 0 aromatic heterocycles. The van der Waals surface area contributed by atoms with E-state index in [4.69, 9.17) is 0 Å². The molecule has 0 spiro atoms. The fourth-order valence-corrected chi connectivity index (χ4v) is 10.0. The van der Waals surface area contributed by atoms with Crippen LogP contribution in [0.4, 0.5) is 0 Å². The van der Waals surface area contributed by atoms with Crippen LogP contribution in [0.15, 0.2) is 102 Å². The third-order valence-electron chi connectivity index (χ3n) is 6.79. The van der Waals surface area contributed by atoms with Gasteiger partial charge in [0.25, 0.3) is 0 Å². The van der Waals surface area contributed by atoms with Gasteiger partial charge in [-0.3, -0.25) is 0 Å². The minimum Gasteiger partial charge on any atom is -1.00 e. The van der Waals surface area contributed by atoms with Gasteiger partial charge in [0.15, 0.2) is 0 Å². The maximum atomic E-state index is 2.49. The van der Waals surface area contributed by atoms with Crippen LogP contribution < -0.4 is 47.6 Å². The SMILES string of the molecule is CC1=C(C)[C]([Ti+3])(C[SiH](c2ccccc2)c2ccccc2)C(c2cccc(C)c2)=C1C.[Cl-].[Cl-].[Cl-]. The maximum Gasteiger partial charge on any atom is -1.00 e. The Labute approximate surface area is 231 Å². The normalized spacial score (nSPS) is 17.4. The molecule has 4 rings (SSSR count). The van der Waals surface area contributed by atoms with Crippen LogP contribution in [-0.4, -0.2) is 8.80 Å². The summed E-state index contributed by atoms with van der Waals surface area (Å²) in [6.45, 7) is 9.20. The molecule has 0 nitrogen and oxygen atoms in total. The fraction of sp³-hybridized carbons (Fsp3) is 0.214. The molecular formula is C28H29Cl3SiTi. The summed E-state index contributed by atoms with van der Waals surface area (Å²) in [7, 11) is -1.41. The minimum absolute atomic E-state index is 0. The topological polar surface area (TPSA) is 0 Å². The second-order valence-electron chi connectivity index (χ2n) is 8.60. The molecule has 0 saturated carbocycles. The van der Waals surface area contributed by atoms with E-state index in [1.54, 1.807) is 5.57 Å². The predicted octanol–water partition coefficient (Wildman–Crippen LogP) is -3.12. The van der Waals surface area contributed by atoms with Gasteiger partial charge >= 0.3 is 195 Å². The van der Waals surface area contributed by atoms with Crippen LogP contribution in [-0.2, 0) is 20.4 Å². The van der Waals surface area contributed by atoms with Crippen molar-refractivity contribution in [2.75, 3.05) is 0 Å². The van der Waals surface area contributed by atoms with Gasteiger partial charge in [-0.05, 0) is 0 Å². The number of aryl methyl sites for hydroxylation is 1. The van der Waals surface area contributed by atoms with Crippen LogP contribution >= 0.6 is 0 Å². The van der Waals surface area contributed by atoms with Crippen molar-refractivity contribution in [1.82, 2.24) is 0 Å². The number of halogens is 3. The van der Waals surface area contributed by atoms with E-state index in [1.165, 1.54) is 44.3 Å². The van der Waals surface area contributed by atoms with E-state index in [-0.39, 0.29) is 40.9 Å². The molecule has 5 heteroatoms. The van der Waals surface area contributed by atoms with E-state index in [0.717, 1.165) is 0 Å². The molecule has 0 aliphatic heterocycles. The average Bonchev–Trinajstić information content (AvgIpc) is 2.93. The van der Waals surface area contributed by atoms with Gasteiger partial charge in [-0.1, -0.05) is 0 Å². The monoisotopic (exact) mass is 546 g/mol. The Morgan fingerprint density at radius 3 is 1.67 bits per heavy atom.